The maximum atomic E-state index is 13.0. The van der Waals surface area contributed by atoms with E-state index in [-0.39, 0.29) is 47.2 Å². The monoisotopic (exact) mass is 376 g/mol. The maximum absolute atomic E-state index is 13.0. The van der Waals surface area contributed by atoms with E-state index in [1.807, 2.05) is 0 Å². The molecule has 8 heteroatoms. The Morgan fingerprint density at radius 3 is 2.33 bits per heavy atom. The molecule has 0 saturated carbocycles. The molecule has 2 aromatic carbocycles. The Balaban J connectivity index is 1.84. The molecular weight excluding hydrogens is 361 g/mol. The largest absolute Gasteiger partial charge is 0.416 e. The number of carbonyl (C=O) groups is 3. The van der Waals surface area contributed by atoms with E-state index in [1.165, 1.54) is 43.3 Å². The average molecular weight is 376 g/mol. The molecule has 0 atom stereocenters. The first-order chi connectivity index (χ1) is 12.7. The Morgan fingerprint density at radius 2 is 1.70 bits per heavy atom. The molecule has 1 fully saturated rings. The molecule has 1 N–H and O–H groups in total. The fourth-order valence-corrected chi connectivity index (χ4v) is 2.86. The van der Waals surface area contributed by atoms with E-state index in [0.29, 0.717) is 0 Å². The highest BCUT2D eigenvalue weighted by Gasteiger charge is 2.33. The second-order valence-electron chi connectivity index (χ2n) is 6.15. The van der Waals surface area contributed by atoms with Crippen LogP contribution in [0.2, 0.25) is 0 Å². The molecule has 0 spiro atoms. The summed E-state index contributed by atoms with van der Waals surface area (Å²) in [4.78, 5) is 37.1. The van der Waals surface area contributed by atoms with E-state index in [1.54, 1.807) is 0 Å². The fraction of sp³-hybridized carbons (Fsp3) is 0.211. The Kier molecular flexibility index (Phi) is 4.73. The highest BCUT2D eigenvalue weighted by atomic mass is 19.4. The zero-order valence-corrected chi connectivity index (χ0v) is 14.3. The standard InChI is InChI=1S/C19H15F3N2O3/c1-11-5-6-13(10-15(11)19(20,21)22)23-18(27)12-3-2-4-14(9-12)24-16(25)7-8-17(24)26/h2-6,9-10H,7-8H2,1H3,(H,23,27). The van der Waals surface area contributed by atoms with Crippen LogP contribution in [0, 0.1) is 6.92 Å². The predicted octanol–water partition coefficient (Wildman–Crippen LogP) is 3.92. The van der Waals surface area contributed by atoms with Gasteiger partial charge >= 0.3 is 6.18 Å². The minimum atomic E-state index is -4.53. The van der Waals surface area contributed by atoms with Crippen LogP contribution in [-0.4, -0.2) is 17.7 Å². The van der Waals surface area contributed by atoms with Gasteiger partial charge in [-0.2, -0.15) is 13.2 Å². The Hall–Kier alpha value is -3.16. The van der Waals surface area contributed by atoms with Gasteiger partial charge in [0.25, 0.3) is 5.91 Å². The van der Waals surface area contributed by atoms with Gasteiger partial charge in [0.2, 0.25) is 11.8 Å². The number of alkyl halides is 3. The highest BCUT2D eigenvalue weighted by Crippen LogP contribution is 2.33. The molecule has 5 nitrogen and oxygen atoms in total. The summed E-state index contributed by atoms with van der Waals surface area (Å²) in [7, 11) is 0. The summed E-state index contributed by atoms with van der Waals surface area (Å²) < 4.78 is 39.0. The summed E-state index contributed by atoms with van der Waals surface area (Å²) in [5.74, 6) is -1.36. The van der Waals surface area contributed by atoms with Crippen molar-refractivity contribution in [2.24, 2.45) is 0 Å². The van der Waals surface area contributed by atoms with Crippen molar-refractivity contribution in [3.8, 4) is 0 Å². The van der Waals surface area contributed by atoms with E-state index in [0.717, 1.165) is 11.0 Å². The topological polar surface area (TPSA) is 66.5 Å². The third-order valence-electron chi connectivity index (χ3n) is 4.22. The van der Waals surface area contributed by atoms with Crippen molar-refractivity contribution >= 4 is 29.1 Å². The average Bonchev–Trinajstić information content (AvgIpc) is 2.94. The van der Waals surface area contributed by atoms with Gasteiger partial charge in [-0.05, 0) is 42.8 Å². The molecular formula is C19H15F3N2O3. The van der Waals surface area contributed by atoms with E-state index in [2.05, 4.69) is 5.32 Å². The lowest BCUT2D eigenvalue weighted by atomic mass is 10.1. The van der Waals surface area contributed by atoms with Gasteiger partial charge in [0.1, 0.15) is 0 Å². The van der Waals surface area contributed by atoms with E-state index >= 15 is 0 Å². The second-order valence-corrected chi connectivity index (χ2v) is 6.15. The minimum absolute atomic E-state index is 0.00310. The number of anilines is 2. The normalized spacial score (nSPS) is 14.6. The quantitative estimate of drug-likeness (QED) is 0.826. The number of hydrogen-bond donors (Lipinski definition) is 1. The molecule has 1 saturated heterocycles. The molecule has 1 aliphatic heterocycles. The predicted molar refractivity (Wildman–Crippen MR) is 92.3 cm³/mol. The van der Waals surface area contributed by atoms with Gasteiger partial charge in [-0.15, -0.1) is 0 Å². The summed E-state index contributed by atoms with van der Waals surface area (Å²) in [6, 6.07) is 9.34. The molecule has 140 valence electrons. The first-order valence-electron chi connectivity index (χ1n) is 8.12. The van der Waals surface area contributed by atoms with Crippen LogP contribution in [-0.2, 0) is 15.8 Å². The van der Waals surface area contributed by atoms with Gasteiger partial charge in [0.05, 0.1) is 11.3 Å². The van der Waals surface area contributed by atoms with Crippen molar-refractivity contribution in [2.75, 3.05) is 10.2 Å². The smallest absolute Gasteiger partial charge is 0.322 e. The number of halogens is 3. The fourth-order valence-electron chi connectivity index (χ4n) is 2.86. The number of rotatable bonds is 3. The van der Waals surface area contributed by atoms with Crippen molar-refractivity contribution in [3.63, 3.8) is 0 Å². The third kappa shape index (κ3) is 3.84. The van der Waals surface area contributed by atoms with Crippen LogP contribution in [0.4, 0.5) is 24.5 Å². The first-order valence-corrected chi connectivity index (χ1v) is 8.12. The van der Waals surface area contributed by atoms with Crippen LogP contribution in [0.1, 0.15) is 34.3 Å². The number of benzene rings is 2. The molecule has 3 rings (SSSR count). The first kappa shape index (κ1) is 18.6. The van der Waals surface area contributed by atoms with Gasteiger partial charge in [0, 0.05) is 24.1 Å². The van der Waals surface area contributed by atoms with Crippen molar-refractivity contribution in [1.29, 1.82) is 0 Å². The Labute approximate surface area is 152 Å². The van der Waals surface area contributed by atoms with Crippen molar-refractivity contribution < 1.29 is 27.6 Å². The molecule has 3 amide bonds. The van der Waals surface area contributed by atoms with Gasteiger partial charge in [0.15, 0.2) is 0 Å². The minimum Gasteiger partial charge on any atom is -0.322 e. The molecule has 0 radical (unpaired) electrons. The molecule has 0 aliphatic carbocycles. The SMILES string of the molecule is Cc1ccc(NC(=O)c2cccc(N3C(=O)CCC3=O)c2)cc1C(F)(F)F. The van der Waals surface area contributed by atoms with E-state index in [9.17, 15) is 27.6 Å². The Bertz CT molecular complexity index is 922. The highest BCUT2D eigenvalue weighted by molar-refractivity contribution is 6.20. The van der Waals surface area contributed by atoms with Crippen LogP contribution in [0.3, 0.4) is 0 Å². The summed E-state index contributed by atoms with van der Waals surface area (Å²) in [5.41, 5.74) is -0.406. The zero-order valence-electron chi connectivity index (χ0n) is 14.3. The van der Waals surface area contributed by atoms with E-state index < -0.39 is 17.6 Å². The molecule has 0 unspecified atom stereocenters. The van der Waals surface area contributed by atoms with Crippen molar-refractivity contribution in [1.82, 2.24) is 0 Å². The van der Waals surface area contributed by atoms with Gasteiger partial charge in [-0.25, -0.2) is 0 Å². The number of nitrogens with one attached hydrogen (secondary N) is 1. The molecule has 0 bridgehead atoms. The molecule has 2 aromatic rings. The molecule has 0 aromatic heterocycles. The summed E-state index contributed by atoms with van der Waals surface area (Å²) in [6.07, 6.45) is -4.31. The lowest BCUT2D eigenvalue weighted by Crippen LogP contribution is -2.28. The van der Waals surface area contributed by atoms with Gasteiger partial charge < -0.3 is 5.32 Å². The lowest BCUT2D eigenvalue weighted by molar-refractivity contribution is -0.138. The van der Waals surface area contributed by atoms with Crippen molar-refractivity contribution in [3.05, 3.63) is 59.2 Å². The van der Waals surface area contributed by atoms with Crippen LogP contribution >= 0.6 is 0 Å². The van der Waals surface area contributed by atoms with Crippen LogP contribution in [0.5, 0.6) is 0 Å². The van der Waals surface area contributed by atoms with Crippen LogP contribution in [0.15, 0.2) is 42.5 Å². The zero-order chi connectivity index (χ0) is 19.8. The lowest BCUT2D eigenvalue weighted by Gasteiger charge is -2.15. The number of nitrogens with zero attached hydrogens (tertiary/aromatic N) is 1. The summed E-state index contributed by atoms with van der Waals surface area (Å²) >= 11 is 0. The summed E-state index contributed by atoms with van der Waals surface area (Å²) in [6.45, 7) is 1.34. The van der Waals surface area contributed by atoms with Gasteiger partial charge in [-0.1, -0.05) is 12.1 Å². The number of hydrogen-bond acceptors (Lipinski definition) is 3. The van der Waals surface area contributed by atoms with Gasteiger partial charge in [-0.3, -0.25) is 19.3 Å². The van der Waals surface area contributed by atoms with Crippen LogP contribution in [0.25, 0.3) is 0 Å². The number of carbonyl (C=O) groups excluding carboxylic acids is 3. The second kappa shape index (κ2) is 6.86. The molecule has 1 aliphatic rings. The number of aryl methyl sites for hydroxylation is 1. The molecule has 1 heterocycles. The molecule has 27 heavy (non-hydrogen) atoms. The van der Waals surface area contributed by atoms with E-state index in [4.69, 9.17) is 0 Å². The van der Waals surface area contributed by atoms with Crippen LogP contribution < -0.4 is 10.2 Å². The third-order valence-corrected chi connectivity index (χ3v) is 4.22. The number of amides is 3. The number of imide groups is 1. The maximum Gasteiger partial charge on any atom is 0.416 e. The summed E-state index contributed by atoms with van der Waals surface area (Å²) in [5, 5.41) is 2.41. The van der Waals surface area contributed by atoms with Crippen molar-refractivity contribution in [2.45, 2.75) is 25.9 Å². The Morgan fingerprint density at radius 1 is 1.04 bits per heavy atom.